The molecule has 0 aromatic rings. The normalized spacial score (nSPS) is 7.44. The molecule has 1 radical (unpaired) electrons. The van der Waals surface area contributed by atoms with Crippen LogP contribution < -0.4 is 0 Å². The molecule has 0 aliphatic rings. The molecular formula is C9H13. The third-order valence-corrected chi connectivity index (χ3v) is 0.947. The number of allylic oxidation sites excluding steroid dienone is 2. The van der Waals surface area contributed by atoms with Crippen LogP contribution in [-0.4, -0.2) is 0 Å². The highest BCUT2D eigenvalue weighted by molar-refractivity contribution is 5.03. The Morgan fingerprint density at radius 2 is 2.22 bits per heavy atom. The van der Waals surface area contributed by atoms with Gasteiger partial charge in [-0.05, 0) is 20.3 Å². The molecule has 9 heavy (non-hydrogen) atoms. The van der Waals surface area contributed by atoms with Crippen LogP contribution in [-0.2, 0) is 0 Å². The lowest BCUT2D eigenvalue weighted by molar-refractivity contribution is 1.06. The Kier molecular flexibility index (Phi) is 5.01. The average molecular weight is 121 g/mol. The molecule has 0 aliphatic heterocycles. The zero-order valence-electron chi connectivity index (χ0n) is 6.20. The van der Waals surface area contributed by atoms with E-state index in [1.807, 2.05) is 0 Å². The maximum atomic E-state index is 3.42. The SMILES string of the molecule is [CH2]C#CCCC=C(C)C. The molecule has 0 heteroatoms. The zero-order valence-corrected chi connectivity index (χ0v) is 6.20. The van der Waals surface area contributed by atoms with Crippen molar-refractivity contribution >= 4 is 0 Å². The molecule has 0 saturated heterocycles. The van der Waals surface area contributed by atoms with Gasteiger partial charge in [0.25, 0.3) is 0 Å². The zero-order chi connectivity index (χ0) is 7.11. The fraction of sp³-hybridized carbons (Fsp3) is 0.444. The summed E-state index contributed by atoms with van der Waals surface area (Å²) in [6.07, 6.45) is 4.18. The highest BCUT2D eigenvalue weighted by Crippen LogP contribution is 1.94. The van der Waals surface area contributed by atoms with Gasteiger partial charge in [0.05, 0.1) is 0 Å². The molecular weight excluding hydrogens is 108 g/mol. The number of rotatable bonds is 2. The van der Waals surface area contributed by atoms with E-state index in [4.69, 9.17) is 0 Å². The van der Waals surface area contributed by atoms with Crippen molar-refractivity contribution in [1.29, 1.82) is 0 Å². The standard InChI is InChI=1S/C9H13/c1-4-5-6-7-8-9(2)3/h8H,1,6-7H2,2-3H3. The van der Waals surface area contributed by atoms with Crippen LogP contribution in [0.3, 0.4) is 0 Å². The fourth-order valence-corrected chi connectivity index (χ4v) is 0.521. The lowest BCUT2D eigenvalue weighted by atomic mass is 10.2. The summed E-state index contributed by atoms with van der Waals surface area (Å²) in [5, 5.41) is 0. The third-order valence-electron chi connectivity index (χ3n) is 0.947. The smallest absolute Gasteiger partial charge is 0.0198 e. The van der Waals surface area contributed by atoms with Gasteiger partial charge < -0.3 is 0 Å². The second-order valence-corrected chi connectivity index (χ2v) is 2.17. The van der Waals surface area contributed by atoms with Crippen molar-refractivity contribution in [3.63, 3.8) is 0 Å². The van der Waals surface area contributed by atoms with Crippen LogP contribution >= 0.6 is 0 Å². The van der Waals surface area contributed by atoms with Gasteiger partial charge in [0.15, 0.2) is 0 Å². The Balaban J connectivity index is 3.27. The van der Waals surface area contributed by atoms with Gasteiger partial charge in [-0.3, -0.25) is 0 Å². The predicted molar refractivity (Wildman–Crippen MR) is 41.8 cm³/mol. The Bertz CT molecular complexity index is 137. The van der Waals surface area contributed by atoms with E-state index in [0.717, 1.165) is 12.8 Å². The topological polar surface area (TPSA) is 0 Å². The molecule has 0 atom stereocenters. The monoisotopic (exact) mass is 121 g/mol. The summed E-state index contributed by atoms with van der Waals surface area (Å²) < 4.78 is 0. The average Bonchev–Trinajstić information content (AvgIpc) is 1.80. The van der Waals surface area contributed by atoms with E-state index < -0.39 is 0 Å². The number of hydrogen-bond donors (Lipinski definition) is 0. The summed E-state index contributed by atoms with van der Waals surface area (Å²) in [5.41, 5.74) is 1.36. The summed E-state index contributed by atoms with van der Waals surface area (Å²) in [6, 6.07) is 0. The minimum Gasteiger partial charge on any atom is -0.103 e. The van der Waals surface area contributed by atoms with Gasteiger partial charge in [-0.2, -0.15) is 0 Å². The molecule has 0 N–H and O–H groups in total. The molecule has 0 aromatic heterocycles. The summed E-state index contributed by atoms with van der Waals surface area (Å²) in [4.78, 5) is 0. The van der Waals surface area contributed by atoms with Crippen LogP contribution in [0.25, 0.3) is 0 Å². The van der Waals surface area contributed by atoms with Gasteiger partial charge in [0.1, 0.15) is 0 Å². The second kappa shape index (κ2) is 5.44. The van der Waals surface area contributed by atoms with E-state index in [9.17, 15) is 0 Å². The largest absolute Gasteiger partial charge is 0.103 e. The maximum Gasteiger partial charge on any atom is 0.0198 e. The summed E-state index contributed by atoms with van der Waals surface area (Å²) in [6.45, 7) is 7.61. The van der Waals surface area contributed by atoms with Gasteiger partial charge in [0, 0.05) is 13.3 Å². The minimum atomic E-state index is 0.939. The van der Waals surface area contributed by atoms with E-state index in [1.165, 1.54) is 5.57 Å². The Labute approximate surface area is 58.0 Å². The Morgan fingerprint density at radius 3 is 2.67 bits per heavy atom. The molecule has 0 spiro atoms. The van der Waals surface area contributed by atoms with Gasteiger partial charge in [-0.1, -0.05) is 11.6 Å². The lowest BCUT2D eigenvalue weighted by Crippen LogP contribution is -1.67. The summed E-state index contributed by atoms with van der Waals surface area (Å²) in [5.74, 6) is 5.51. The van der Waals surface area contributed by atoms with Gasteiger partial charge >= 0.3 is 0 Å². The maximum absolute atomic E-state index is 3.42. The van der Waals surface area contributed by atoms with E-state index in [0.29, 0.717) is 0 Å². The Morgan fingerprint density at radius 1 is 1.56 bits per heavy atom. The highest BCUT2D eigenvalue weighted by atomic mass is 13.8. The lowest BCUT2D eigenvalue weighted by Gasteiger charge is -1.85. The molecule has 0 unspecified atom stereocenters. The van der Waals surface area contributed by atoms with Gasteiger partial charge in [-0.15, -0.1) is 11.8 Å². The van der Waals surface area contributed by atoms with E-state index in [1.54, 1.807) is 0 Å². The molecule has 0 aliphatic carbocycles. The number of hydrogen-bond acceptors (Lipinski definition) is 0. The van der Waals surface area contributed by atoms with Crippen molar-refractivity contribution in [1.82, 2.24) is 0 Å². The van der Waals surface area contributed by atoms with Crippen LogP contribution in [0.1, 0.15) is 26.7 Å². The van der Waals surface area contributed by atoms with Crippen molar-refractivity contribution in [2.75, 3.05) is 0 Å². The molecule has 0 nitrogen and oxygen atoms in total. The van der Waals surface area contributed by atoms with E-state index in [-0.39, 0.29) is 0 Å². The van der Waals surface area contributed by atoms with Crippen molar-refractivity contribution in [3.05, 3.63) is 18.6 Å². The van der Waals surface area contributed by atoms with Crippen molar-refractivity contribution in [3.8, 4) is 11.8 Å². The third kappa shape index (κ3) is 7.30. The van der Waals surface area contributed by atoms with Crippen LogP contribution in [0.15, 0.2) is 11.6 Å². The summed E-state index contributed by atoms with van der Waals surface area (Å²) >= 11 is 0. The molecule has 0 aromatic carbocycles. The second-order valence-electron chi connectivity index (χ2n) is 2.17. The van der Waals surface area contributed by atoms with Gasteiger partial charge in [-0.25, -0.2) is 0 Å². The molecule has 49 valence electrons. The molecule has 0 fully saturated rings. The first-order valence-corrected chi connectivity index (χ1v) is 3.15. The van der Waals surface area contributed by atoms with Crippen LogP contribution in [0, 0.1) is 18.8 Å². The molecule has 0 amide bonds. The van der Waals surface area contributed by atoms with Crippen molar-refractivity contribution in [2.45, 2.75) is 26.7 Å². The molecule has 0 saturated carbocycles. The highest BCUT2D eigenvalue weighted by Gasteiger charge is 1.76. The van der Waals surface area contributed by atoms with E-state index >= 15 is 0 Å². The first kappa shape index (κ1) is 8.30. The first-order valence-electron chi connectivity index (χ1n) is 3.15. The number of unbranched alkanes of at least 4 members (excludes halogenated alkanes) is 1. The quantitative estimate of drug-likeness (QED) is 0.299. The van der Waals surface area contributed by atoms with Gasteiger partial charge in [0.2, 0.25) is 0 Å². The van der Waals surface area contributed by atoms with Crippen LogP contribution in [0.5, 0.6) is 0 Å². The van der Waals surface area contributed by atoms with Crippen LogP contribution in [0.2, 0.25) is 0 Å². The molecule has 0 heterocycles. The first-order chi connectivity index (χ1) is 4.27. The Hall–Kier alpha value is -0.700. The van der Waals surface area contributed by atoms with Crippen LogP contribution in [0.4, 0.5) is 0 Å². The predicted octanol–water partition coefficient (Wildman–Crippen LogP) is 2.57. The van der Waals surface area contributed by atoms with Crippen molar-refractivity contribution < 1.29 is 0 Å². The molecule has 0 bridgehead atoms. The van der Waals surface area contributed by atoms with E-state index in [2.05, 4.69) is 38.7 Å². The summed E-state index contributed by atoms with van der Waals surface area (Å²) in [7, 11) is 0. The van der Waals surface area contributed by atoms with Crippen molar-refractivity contribution in [2.24, 2.45) is 0 Å². The minimum absolute atomic E-state index is 0.939. The molecule has 0 rings (SSSR count). The fourth-order valence-electron chi connectivity index (χ4n) is 0.521.